The van der Waals surface area contributed by atoms with Crippen LogP contribution in [-0.4, -0.2) is 12.6 Å². The molecular weight excluding hydrogens is 110 g/mol. The van der Waals surface area contributed by atoms with Crippen molar-refractivity contribution in [1.29, 1.82) is 0 Å². The maximum absolute atomic E-state index is 3.35. The van der Waals surface area contributed by atoms with E-state index in [0.29, 0.717) is 6.04 Å². The van der Waals surface area contributed by atoms with E-state index in [1.165, 1.54) is 6.42 Å². The normalized spacial score (nSPS) is 14.6. The smallest absolute Gasteiger partial charge is 0.0247 e. The van der Waals surface area contributed by atoms with Crippen LogP contribution in [0.1, 0.15) is 27.2 Å². The van der Waals surface area contributed by atoms with E-state index < -0.39 is 0 Å². The largest absolute Gasteiger partial charge is 0.311 e. The van der Waals surface area contributed by atoms with Crippen LogP contribution in [0.2, 0.25) is 0 Å². The number of allylic oxidation sites excluding steroid dienone is 1. The van der Waals surface area contributed by atoms with E-state index in [2.05, 4.69) is 38.2 Å². The molecule has 54 valence electrons. The van der Waals surface area contributed by atoms with Gasteiger partial charge in [-0.3, -0.25) is 0 Å². The van der Waals surface area contributed by atoms with E-state index in [0.717, 1.165) is 6.54 Å². The summed E-state index contributed by atoms with van der Waals surface area (Å²) in [6.07, 6.45) is 5.47. The van der Waals surface area contributed by atoms with Crippen molar-refractivity contribution in [2.45, 2.75) is 33.2 Å². The standard InChI is InChI=1S/C8H17N/c1-4-7-8(5-2)9-6-3/h4,7-9H,5-6H2,1-3H3. The molecule has 9 heavy (non-hydrogen) atoms. The Kier molecular flexibility index (Phi) is 5.64. The topological polar surface area (TPSA) is 12.0 Å². The van der Waals surface area contributed by atoms with Gasteiger partial charge >= 0.3 is 0 Å². The summed E-state index contributed by atoms with van der Waals surface area (Å²) in [4.78, 5) is 0. The molecule has 0 radical (unpaired) electrons. The molecule has 0 aromatic heterocycles. The van der Waals surface area contributed by atoms with Gasteiger partial charge in [0, 0.05) is 6.04 Å². The highest BCUT2D eigenvalue weighted by Gasteiger charge is 1.94. The van der Waals surface area contributed by atoms with Crippen molar-refractivity contribution in [3.8, 4) is 0 Å². The third-order valence-corrected chi connectivity index (χ3v) is 1.33. The molecule has 0 aromatic carbocycles. The lowest BCUT2D eigenvalue weighted by Gasteiger charge is -2.09. The molecule has 0 spiro atoms. The molecule has 0 bridgehead atoms. The summed E-state index contributed by atoms with van der Waals surface area (Å²) < 4.78 is 0. The summed E-state index contributed by atoms with van der Waals surface area (Å²) in [6, 6.07) is 0.583. The van der Waals surface area contributed by atoms with E-state index >= 15 is 0 Å². The Morgan fingerprint density at radius 3 is 2.44 bits per heavy atom. The zero-order valence-corrected chi connectivity index (χ0v) is 6.65. The van der Waals surface area contributed by atoms with Gasteiger partial charge in [-0.25, -0.2) is 0 Å². The van der Waals surface area contributed by atoms with E-state index in [9.17, 15) is 0 Å². The van der Waals surface area contributed by atoms with Gasteiger partial charge < -0.3 is 5.32 Å². The van der Waals surface area contributed by atoms with Crippen molar-refractivity contribution >= 4 is 0 Å². The fraction of sp³-hybridized carbons (Fsp3) is 0.750. The first-order valence-electron chi connectivity index (χ1n) is 3.71. The Labute approximate surface area is 58.2 Å². The van der Waals surface area contributed by atoms with Crippen molar-refractivity contribution in [1.82, 2.24) is 5.32 Å². The number of likely N-dealkylation sites (N-methyl/N-ethyl adjacent to an activating group) is 1. The molecular formula is C8H17N. The van der Waals surface area contributed by atoms with Gasteiger partial charge in [0.15, 0.2) is 0 Å². The Balaban J connectivity index is 3.41. The maximum Gasteiger partial charge on any atom is 0.0247 e. The van der Waals surface area contributed by atoms with Crippen molar-refractivity contribution in [3.63, 3.8) is 0 Å². The molecule has 0 amide bonds. The minimum atomic E-state index is 0.583. The molecule has 0 heterocycles. The second-order valence-corrected chi connectivity index (χ2v) is 2.10. The minimum Gasteiger partial charge on any atom is -0.311 e. The first-order chi connectivity index (χ1) is 4.35. The van der Waals surface area contributed by atoms with Gasteiger partial charge in [-0.15, -0.1) is 0 Å². The fourth-order valence-corrected chi connectivity index (χ4v) is 0.843. The molecule has 1 N–H and O–H groups in total. The quantitative estimate of drug-likeness (QED) is 0.569. The van der Waals surface area contributed by atoms with Crippen molar-refractivity contribution in [2.75, 3.05) is 6.54 Å². The monoisotopic (exact) mass is 127 g/mol. The number of hydrogen-bond acceptors (Lipinski definition) is 1. The summed E-state index contributed by atoms with van der Waals surface area (Å²) in [6.45, 7) is 7.43. The molecule has 1 heteroatoms. The lowest BCUT2D eigenvalue weighted by Crippen LogP contribution is -2.25. The molecule has 0 fully saturated rings. The molecule has 1 atom stereocenters. The van der Waals surface area contributed by atoms with E-state index in [1.54, 1.807) is 0 Å². The third kappa shape index (κ3) is 4.22. The molecule has 0 saturated carbocycles. The van der Waals surface area contributed by atoms with Gasteiger partial charge in [0.2, 0.25) is 0 Å². The molecule has 0 saturated heterocycles. The second kappa shape index (κ2) is 5.83. The lowest BCUT2D eigenvalue weighted by molar-refractivity contribution is 0.599. The van der Waals surface area contributed by atoms with Crippen LogP contribution in [-0.2, 0) is 0 Å². The maximum atomic E-state index is 3.35. The summed E-state index contributed by atoms with van der Waals surface area (Å²) in [5, 5.41) is 3.35. The molecule has 0 aromatic rings. The predicted octanol–water partition coefficient (Wildman–Crippen LogP) is 1.95. The van der Waals surface area contributed by atoms with Crippen LogP contribution in [0.3, 0.4) is 0 Å². The third-order valence-electron chi connectivity index (χ3n) is 1.33. The lowest BCUT2D eigenvalue weighted by atomic mass is 10.2. The first-order valence-corrected chi connectivity index (χ1v) is 3.71. The van der Waals surface area contributed by atoms with Gasteiger partial charge in [0.1, 0.15) is 0 Å². The minimum absolute atomic E-state index is 0.583. The van der Waals surface area contributed by atoms with Gasteiger partial charge in [-0.1, -0.05) is 26.0 Å². The highest BCUT2D eigenvalue weighted by atomic mass is 14.9. The summed E-state index contributed by atoms with van der Waals surface area (Å²) >= 11 is 0. The van der Waals surface area contributed by atoms with Gasteiger partial charge in [-0.2, -0.15) is 0 Å². The van der Waals surface area contributed by atoms with Crippen LogP contribution in [0.4, 0.5) is 0 Å². The molecule has 0 aliphatic carbocycles. The summed E-state index contributed by atoms with van der Waals surface area (Å²) in [5.74, 6) is 0. The predicted molar refractivity (Wildman–Crippen MR) is 42.6 cm³/mol. The molecule has 1 unspecified atom stereocenters. The highest BCUT2D eigenvalue weighted by Crippen LogP contribution is 1.91. The van der Waals surface area contributed by atoms with E-state index in [1.807, 2.05) is 0 Å². The van der Waals surface area contributed by atoms with Crippen LogP contribution < -0.4 is 5.32 Å². The SMILES string of the molecule is CC=CC(CC)NCC. The van der Waals surface area contributed by atoms with Crippen molar-refractivity contribution < 1.29 is 0 Å². The van der Waals surface area contributed by atoms with Crippen LogP contribution >= 0.6 is 0 Å². The molecule has 0 rings (SSSR count). The highest BCUT2D eigenvalue weighted by molar-refractivity contribution is 4.89. The Bertz CT molecular complexity index is 76.6. The van der Waals surface area contributed by atoms with Crippen LogP contribution in [0.5, 0.6) is 0 Å². The zero-order valence-electron chi connectivity index (χ0n) is 6.65. The Morgan fingerprint density at radius 2 is 2.11 bits per heavy atom. The van der Waals surface area contributed by atoms with E-state index in [4.69, 9.17) is 0 Å². The second-order valence-electron chi connectivity index (χ2n) is 2.10. The Hall–Kier alpha value is -0.300. The van der Waals surface area contributed by atoms with Gasteiger partial charge in [-0.05, 0) is 19.9 Å². The van der Waals surface area contributed by atoms with Crippen LogP contribution in [0.25, 0.3) is 0 Å². The zero-order chi connectivity index (χ0) is 7.11. The number of nitrogens with one attached hydrogen (secondary N) is 1. The average molecular weight is 127 g/mol. The van der Waals surface area contributed by atoms with Gasteiger partial charge in [0.05, 0.1) is 0 Å². The number of rotatable bonds is 4. The van der Waals surface area contributed by atoms with E-state index in [-0.39, 0.29) is 0 Å². The van der Waals surface area contributed by atoms with Crippen LogP contribution in [0, 0.1) is 0 Å². The Morgan fingerprint density at radius 1 is 1.44 bits per heavy atom. The number of hydrogen-bond donors (Lipinski definition) is 1. The molecule has 0 aliphatic heterocycles. The summed E-state index contributed by atoms with van der Waals surface area (Å²) in [5.41, 5.74) is 0. The first kappa shape index (κ1) is 8.70. The summed E-state index contributed by atoms with van der Waals surface area (Å²) in [7, 11) is 0. The van der Waals surface area contributed by atoms with Crippen LogP contribution in [0.15, 0.2) is 12.2 Å². The van der Waals surface area contributed by atoms with Crippen molar-refractivity contribution in [2.24, 2.45) is 0 Å². The molecule has 1 nitrogen and oxygen atoms in total. The average Bonchev–Trinajstić information content (AvgIpc) is 1.88. The van der Waals surface area contributed by atoms with Gasteiger partial charge in [0.25, 0.3) is 0 Å². The fourth-order valence-electron chi connectivity index (χ4n) is 0.843. The molecule has 0 aliphatic rings. The van der Waals surface area contributed by atoms with Crippen molar-refractivity contribution in [3.05, 3.63) is 12.2 Å².